The summed E-state index contributed by atoms with van der Waals surface area (Å²) < 4.78 is 38.6. The van der Waals surface area contributed by atoms with Crippen LogP contribution >= 0.6 is 0 Å². The molecule has 6 heteroatoms. The summed E-state index contributed by atoms with van der Waals surface area (Å²) >= 11 is 0. The summed E-state index contributed by atoms with van der Waals surface area (Å²) in [6.45, 7) is 5.81. The summed E-state index contributed by atoms with van der Waals surface area (Å²) in [6, 6.07) is -1.58. The van der Waals surface area contributed by atoms with Gasteiger partial charge in [0.05, 0.1) is 0 Å². The number of carbonyl (C=O) groups excluding carboxylic acids is 1. The van der Waals surface area contributed by atoms with Crippen molar-refractivity contribution in [3.05, 3.63) is 0 Å². The Morgan fingerprint density at radius 2 is 1.94 bits per heavy atom. The first-order chi connectivity index (χ1) is 7.59. The highest BCUT2D eigenvalue weighted by Gasteiger charge is 2.45. The second-order valence-electron chi connectivity index (χ2n) is 5.64. The zero-order valence-electron chi connectivity index (χ0n) is 10.4. The lowest BCUT2D eigenvalue weighted by atomic mass is 9.95. The number of rotatable bonds is 1. The smallest absolute Gasteiger partial charge is 0.354 e. The molecule has 0 saturated carbocycles. The van der Waals surface area contributed by atoms with Crippen molar-refractivity contribution >= 4 is 5.91 Å². The predicted octanol–water partition coefficient (Wildman–Crippen LogP) is 1.79. The molecule has 1 N–H and O–H groups in total. The predicted molar refractivity (Wildman–Crippen MR) is 58.5 cm³/mol. The Hall–Kier alpha value is -0.780. The summed E-state index contributed by atoms with van der Waals surface area (Å²) in [5.41, 5.74) is -0.225. The van der Waals surface area contributed by atoms with Crippen molar-refractivity contribution < 1.29 is 18.0 Å². The van der Waals surface area contributed by atoms with E-state index >= 15 is 0 Å². The molecule has 100 valence electrons. The molecule has 0 aromatic rings. The highest BCUT2D eigenvalue weighted by atomic mass is 19.4. The standard InChI is InChI=1S/C11H19F3N2O/c1-10(2,3)7-16-5-4-9(17)15-6-8(16)11(12,13)14/h8H,4-7H2,1-3H3,(H,15,17). The molecule has 1 amide bonds. The van der Waals surface area contributed by atoms with Crippen LogP contribution in [0.3, 0.4) is 0 Å². The maximum Gasteiger partial charge on any atom is 0.405 e. The van der Waals surface area contributed by atoms with E-state index in [9.17, 15) is 18.0 Å². The van der Waals surface area contributed by atoms with Crippen LogP contribution in [0.4, 0.5) is 13.2 Å². The van der Waals surface area contributed by atoms with Crippen LogP contribution < -0.4 is 5.32 Å². The van der Waals surface area contributed by atoms with E-state index in [4.69, 9.17) is 0 Å². The van der Waals surface area contributed by atoms with Crippen molar-refractivity contribution in [1.29, 1.82) is 0 Å². The van der Waals surface area contributed by atoms with Gasteiger partial charge in [0, 0.05) is 26.1 Å². The third-order valence-electron chi connectivity index (χ3n) is 2.61. The van der Waals surface area contributed by atoms with Gasteiger partial charge in [-0.05, 0) is 5.41 Å². The van der Waals surface area contributed by atoms with Gasteiger partial charge in [-0.1, -0.05) is 20.8 Å². The lowest BCUT2D eigenvalue weighted by Crippen LogP contribution is -2.52. The van der Waals surface area contributed by atoms with E-state index in [1.165, 1.54) is 4.90 Å². The first-order valence-electron chi connectivity index (χ1n) is 5.67. The summed E-state index contributed by atoms with van der Waals surface area (Å²) in [6.07, 6.45) is -4.18. The van der Waals surface area contributed by atoms with Gasteiger partial charge in [-0.15, -0.1) is 0 Å². The van der Waals surface area contributed by atoms with Crippen molar-refractivity contribution in [3.8, 4) is 0 Å². The van der Waals surface area contributed by atoms with E-state index in [0.29, 0.717) is 6.54 Å². The molecular weight excluding hydrogens is 233 g/mol. The minimum absolute atomic E-state index is 0.128. The van der Waals surface area contributed by atoms with Crippen molar-refractivity contribution in [2.75, 3.05) is 19.6 Å². The Bertz CT molecular complexity index is 283. The van der Waals surface area contributed by atoms with Gasteiger partial charge in [0.15, 0.2) is 0 Å². The summed E-state index contributed by atoms with van der Waals surface area (Å²) in [7, 11) is 0. The van der Waals surface area contributed by atoms with Crippen LogP contribution in [0, 0.1) is 5.41 Å². The highest BCUT2D eigenvalue weighted by Crippen LogP contribution is 2.28. The molecular formula is C11H19F3N2O. The number of halogens is 3. The monoisotopic (exact) mass is 252 g/mol. The Kier molecular flexibility index (Phi) is 4.06. The molecule has 3 nitrogen and oxygen atoms in total. The molecule has 1 heterocycles. The molecule has 0 spiro atoms. The van der Waals surface area contributed by atoms with Crippen LogP contribution in [-0.4, -0.2) is 42.7 Å². The molecule has 1 rings (SSSR count). The van der Waals surface area contributed by atoms with Crippen LogP contribution in [0.25, 0.3) is 0 Å². The molecule has 0 bridgehead atoms. The average molecular weight is 252 g/mol. The fraction of sp³-hybridized carbons (Fsp3) is 0.909. The first-order valence-corrected chi connectivity index (χ1v) is 5.67. The number of hydrogen-bond acceptors (Lipinski definition) is 2. The summed E-state index contributed by atoms with van der Waals surface area (Å²) in [4.78, 5) is 12.5. The zero-order chi connectivity index (χ0) is 13.3. The summed E-state index contributed by atoms with van der Waals surface area (Å²) in [5.74, 6) is -0.310. The van der Waals surface area contributed by atoms with Crippen molar-refractivity contribution in [2.24, 2.45) is 5.41 Å². The van der Waals surface area contributed by atoms with Crippen LogP contribution in [-0.2, 0) is 4.79 Å². The van der Waals surface area contributed by atoms with Crippen LogP contribution in [0.1, 0.15) is 27.2 Å². The van der Waals surface area contributed by atoms with Crippen LogP contribution in [0.15, 0.2) is 0 Å². The Balaban J connectivity index is 2.83. The second-order valence-corrected chi connectivity index (χ2v) is 5.64. The van der Waals surface area contributed by atoms with Gasteiger partial charge < -0.3 is 5.32 Å². The van der Waals surface area contributed by atoms with E-state index in [0.717, 1.165) is 0 Å². The Labute approximate surface area is 99.4 Å². The molecule has 0 radical (unpaired) electrons. The molecule has 1 unspecified atom stereocenters. The normalized spacial score (nSPS) is 24.4. The molecule has 0 aliphatic carbocycles. The fourth-order valence-corrected chi connectivity index (χ4v) is 1.95. The minimum atomic E-state index is -4.30. The molecule has 1 aliphatic heterocycles. The van der Waals surface area contributed by atoms with Crippen molar-refractivity contribution in [2.45, 2.75) is 39.4 Å². The zero-order valence-corrected chi connectivity index (χ0v) is 10.4. The van der Waals surface area contributed by atoms with Gasteiger partial charge in [0.25, 0.3) is 0 Å². The van der Waals surface area contributed by atoms with Gasteiger partial charge in [-0.2, -0.15) is 13.2 Å². The number of nitrogens with one attached hydrogen (secondary N) is 1. The largest absolute Gasteiger partial charge is 0.405 e. The number of amides is 1. The highest BCUT2D eigenvalue weighted by molar-refractivity contribution is 5.76. The molecule has 17 heavy (non-hydrogen) atoms. The van der Waals surface area contributed by atoms with E-state index in [1.807, 2.05) is 20.8 Å². The van der Waals surface area contributed by atoms with Crippen molar-refractivity contribution in [3.63, 3.8) is 0 Å². The molecule has 1 fully saturated rings. The maximum absolute atomic E-state index is 12.9. The Morgan fingerprint density at radius 3 is 2.41 bits per heavy atom. The Morgan fingerprint density at radius 1 is 1.35 bits per heavy atom. The van der Waals surface area contributed by atoms with Gasteiger partial charge >= 0.3 is 6.18 Å². The molecule has 0 aromatic heterocycles. The van der Waals surface area contributed by atoms with Gasteiger partial charge in [-0.25, -0.2) is 0 Å². The van der Waals surface area contributed by atoms with Crippen LogP contribution in [0.5, 0.6) is 0 Å². The average Bonchev–Trinajstić information content (AvgIpc) is 2.24. The molecule has 1 atom stereocenters. The lowest BCUT2D eigenvalue weighted by Gasteiger charge is -2.35. The van der Waals surface area contributed by atoms with Gasteiger partial charge in [-0.3, -0.25) is 9.69 Å². The number of carbonyl (C=O) groups is 1. The third kappa shape index (κ3) is 4.53. The van der Waals surface area contributed by atoms with E-state index < -0.39 is 12.2 Å². The lowest BCUT2D eigenvalue weighted by molar-refractivity contribution is -0.183. The third-order valence-corrected chi connectivity index (χ3v) is 2.61. The van der Waals surface area contributed by atoms with Crippen molar-refractivity contribution in [1.82, 2.24) is 10.2 Å². The SMILES string of the molecule is CC(C)(C)CN1CCC(=O)NCC1C(F)(F)F. The summed E-state index contributed by atoms with van der Waals surface area (Å²) in [5, 5.41) is 2.32. The quantitative estimate of drug-likeness (QED) is 0.771. The number of nitrogens with zero attached hydrogens (tertiary/aromatic N) is 1. The van der Waals surface area contributed by atoms with Crippen LogP contribution in [0.2, 0.25) is 0 Å². The van der Waals surface area contributed by atoms with E-state index in [1.54, 1.807) is 0 Å². The topological polar surface area (TPSA) is 32.3 Å². The number of alkyl halides is 3. The van der Waals surface area contributed by atoms with Gasteiger partial charge in [0.2, 0.25) is 5.91 Å². The molecule has 0 aromatic carbocycles. The second kappa shape index (κ2) is 4.84. The fourth-order valence-electron chi connectivity index (χ4n) is 1.95. The maximum atomic E-state index is 12.9. The number of hydrogen-bond donors (Lipinski definition) is 1. The van der Waals surface area contributed by atoms with Gasteiger partial charge in [0.1, 0.15) is 6.04 Å². The molecule has 1 saturated heterocycles. The first kappa shape index (κ1) is 14.3. The minimum Gasteiger partial charge on any atom is -0.354 e. The molecule has 1 aliphatic rings. The van der Waals surface area contributed by atoms with E-state index in [-0.39, 0.29) is 30.8 Å². The van der Waals surface area contributed by atoms with E-state index in [2.05, 4.69) is 5.32 Å².